The quantitative estimate of drug-likeness (QED) is 0.0474. The first-order valence-electron chi connectivity index (χ1n) is 19.1. The van der Waals surface area contributed by atoms with Crippen molar-refractivity contribution in [3.8, 4) is 16.9 Å². The van der Waals surface area contributed by atoms with Crippen molar-refractivity contribution in [2.75, 3.05) is 31.6 Å². The molecule has 0 fully saturated rings. The van der Waals surface area contributed by atoms with Crippen LogP contribution in [0.5, 0.6) is 5.75 Å². The Hall–Kier alpha value is -4.73. The predicted octanol–water partition coefficient (Wildman–Crippen LogP) is 9.74. The van der Waals surface area contributed by atoms with Gasteiger partial charge in [0.05, 0.1) is 24.6 Å². The highest BCUT2D eigenvalue weighted by molar-refractivity contribution is 5.93. The summed E-state index contributed by atoms with van der Waals surface area (Å²) in [7, 11) is 0. The van der Waals surface area contributed by atoms with Crippen molar-refractivity contribution in [3.63, 3.8) is 0 Å². The molecular weight excluding hydrogens is 659 g/mol. The number of pyridine rings is 1. The van der Waals surface area contributed by atoms with Crippen LogP contribution in [0.25, 0.3) is 22.0 Å². The fourth-order valence-corrected chi connectivity index (χ4v) is 6.91. The van der Waals surface area contributed by atoms with Crippen molar-refractivity contribution >= 4 is 22.5 Å². The largest absolute Gasteiger partial charge is 0.494 e. The van der Waals surface area contributed by atoms with Gasteiger partial charge in [0.1, 0.15) is 11.6 Å². The van der Waals surface area contributed by atoms with Crippen LogP contribution in [0.3, 0.4) is 0 Å². The number of aryl methyl sites for hydroxylation is 1. The normalized spacial score (nSPS) is 13.0. The summed E-state index contributed by atoms with van der Waals surface area (Å²) >= 11 is 0. The third-order valence-electron chi connectivity index (χ3n) is 9.93. The lowest BCUT2D eigenvalue weighted by atomic mass is 9.92. The van der Waals surface area contributed by atoms with Crippen molar-refractivity contribution < 1.29 is 23.8 Å². The van der Waals surface area contributed by atoms with Crippen LogP contribution in [0.4, 0.5) is 10.1 Å². The molecule has 1 aliphatic rings. The topological polar surface area (TPSA) is 116 Å². The van der Waals surface area contributed by atoms with Gasteiger partial charge >= 0.3 is 0 Å². The van der Waals surface area contributed by atoms with E-state index in [-0.39, 0.29) is 18.3 Å². The summed E-state index contributed by atoms with van der Waals surface area (Å²) in [5.41, 5.74) is 6.93. The van der Waals surface area contributed by atoms with Crippen molar-refractivity contribution in [1.82, 2.24) is 10.3 Å². The third kappa shape index (κ3) is 11.4. The zero-order valence-corrected chi connectivity index (χ0v) is 30.5. The Bertz CT molecular complexity index is 1750. The lowest BCUT2D eigenvalue weighted by molar-refractivity contribution is -0.757. The maximum absolute atomic E-state index is 15.2. The van der Waals surface area contributed by atoms with Gasteiger partial charge in [0.2, 0.25) is 5.91 Å². The van der Waals surface area contributed by atoms with Gasteiger partial charge in [-0.1, -0.05) is 81.0 Å². The smallest absolute Gasteiger partial charge is 0.294 e. The molecule has 1 amide bonds. The number of fused-ring (bicyclic) bond motifs is 2. The Labute approximate surface area is 306 Å². The second-order valence-electron chi connectivity index (χ2n) is 13.8. The van der Waals surface area contributed by atoms with Gasteiger partial charge in [0, 0.05) is 35.4 Å². The van der Waals surface area contributed by atoms with Crippen molar-refractivity contribution in [1.29, 1.82) is 0 Å². The van der Waals surface area contributed by atoms with Gasteiger partial charge in [-0.2, -0.15) is 0 Å². The Morgan fingerprint density at radius 1 is 0.865 bits per heavy atom. The van der Waals surface area contributed by atoms with Gasteiger partial charge in [0.25, 0.3) is 5.09 Å². The number of hydrogen-bond donors (Lipinski definition) is 2. The molecule has 2 N–H and O–H groups in total. The summed E-state index contributed by atoms with van der Waals surface area (Å²) in [4.78, 5) is 32.3. The van der Waals surface area contributed by atoms with E-state index in [4.69, 9.17) is 9.72 Å². The van der Waals surface area contributed by atoms with E-state index >= 15 is 4.39 Å². The molecule has 52 heavy (non-hydrogen) atoms. The molecule has 1 aromatic heterocycles. The number of carbonyl (C=O) groups is 1. The zero-order chi connectivity index (χ0) is 36.5. The van der Waals surface area contributed by atoms with Crippen LogP contribution < -0.4 is 15.4 Å². The number of hydrogen-bond acceptors (Lipinski definition) is 7. The summed E-state index contributed by atoms with van der Waals surface area (Å²) in [6.07, 6.45) is 14.5. The average Bonchev–Trinajstić information content (AvgIpc) is 3.16. The van der Waals surface area contributed by atoms with Gasteiger partial charge < -0.3 is 20.2 Å². The molecule has 3 aromatic carbocycles. The number of aromatic nitrogens is 1. The number of carbonyl (C=O) groups excluding carboxylic acids is 1. The van der Waals surface area contributed by atoms with E-state index in [2.05, 4.69) is 39.7 Å². The van der Waals surface area contributed by atoms with E-state index in [9.17, 15) is 14.9 Å². The molecule has 10 heteroatoms. The maximum atomic E-state index is 15.2. The standard InChI is InChI=1S/C42H53FN4O5/c1-31(33-22-25-35(38(43)30-33)32-20-23-34(24-21-32)51-28-14-6-7-15-29-52-47(49)50)42(48)45-27-13-5-3-2-4-12-26-44-41-36-16-8-10-18-39(36)46-40-19-11-9-17-37(40)41/h8,10,16,18,20-25,30-31H,2-7,9,11-15,17,19,26-29H2,1H3,(H,44,46)(H,45,48). The van der Waals surface area contributed by atoms with Crippen LogP contribution in [0, 0.1) is 15.9 Å². The molecule has 1 atom stereocenters. The number of halogens is 1. The van der Waals surface area contributed by atoms with Gasteiger partial charge in [-0.3, -0.25) is 9.78 Å². The molecule has 0 saturated heterocycles. The second-order valence-corrected chi connectivity index (χ2v) is 13.8. The number of nitrogens with one attached hydrogen (secondary N) is 2. The number of rotatable bonds is 22. The number of nitrogens with zero attached hydrogens (tertiary/aromatic N) is 2. The SMILES string of the molecule is CC(C(=O)NCCCCCCCCNc1c2c(nc3ccccc13)CCCC2)c1ccc(-c2ccc(OCCCCCCO[N+](=O)[O-])cc2)c(F)c1. The Balaban J connectivity index is 0.942. The molecule has 0 saturated carbocycles. The first-order valence-corrected chi connectivity index (χ1v) is 19.1. The molecular formula is C42H53FN4O5. The zero-order valence-electron chi connectivity index (χ0n) is 30.5. The minimum Gasteiger partial charge on any atom is -0.494 e. The molecule has 1 aliphatic carbocycles. The van der Waals surface area contributed by atoms with Crippen molar-refractivity contribution in [2.45, 2.75) is 103 Å². The maximum Gasteiger partial charge on any atom is 0.294 e. The van der Waals surface area contributed by atoms with Crippen LogP contribution in [0.2, 0.25) is 0 Å². The fraction of sp³-hybridized carbons (Fsp3) is 0.476. The summed E-state index contributed by atoms with van der Waals surface area (Å²) in [6, 6.07) is 20.8. The molecule has 278 valence electrons. The fourth-order valence-electron chi connectivity index (χ4n) is 6.91. The molecule has 1 unspecified atom stereocenters. The van der Waals surface area contributed by atoms with E-state index in [1.807, 2.05) is 37.3 Å². The molecule has 0 aliphatic heterocycles. The van der Waals surface area contributed by atoms with Crippen LogP contribution in [0.15, 0.2) is 66.7 Å². The number of para-hydroxylation sites is 1. The highest BCUT2D eigenvalue weighted by Crippen LogP contribution is 2.33. The lowest BCUT2D eigenvalue weighted by Gasteiger charge is -2.21. The second kappa shape index (κ2) is 20.3. The summed E-state index contributed by atoms with van der Waals surface area (Å²) < 4.78 is 21.0. The van der Waals surface area contributed by atoms with Gasteiger partial charge in [0.15, 0.2) is 0 Å². The number of amides is 1. The number of anilines is 1. The molecule has 0 radical (unpaired) electrons. The van der Waals surface area contributed by atoms with Crippen LogP contribution in [-0.4, -0.2) is 42.3 Å². The molecule has 9 nitrogen and oxygen atoms in total. The van der Waals surface area contributed by atoms with Crippen LogP contribution >= 0.6 is 0 Å². The van der Waals surface area contributed by atoms with E-state index in [0.29, 0.717) is 36.4 Å². The van der Waals surface area contributed by atoms with Gasteiger partial charge in [-0.25, -0.2) is 4.39 Å². The van der Waals surface area contributed by atoms with E-state index < -0.39 is 11.0 Å². The Kier molecular flexibility index (Phi) is 15.1. The molecule has 1 heterocycles. The summed E-state index contributed by atoms with van der Waals surface area (Å²) in [5.74, 6) is -0.204. The number of unbranched alkanes of at least 4 members (excludes halogenated alkanes) is 8. The summed E-state index contributed by atoms with van der Waals surface area (Å²) in [6.45, 7) is 4.05. The van der Waals surface area contributed by atoms with E-state index in [0.717, 1.165) is 75.4 Å². The first-order chi connectivity index (χ1) is 25.4. The average molecular weight is 713 g/mol. The molecule has 5 rings (SSSR count). The van der Waals surface area contributed by atoms with Crippen LogP contribution in [-0.2, 0) is 22.5 Å². The summed E-state index contributed by atoms with van der Waals surface area (Å²) in [5, 5.41) is 17.4. The monoisotopic (exact) mass is 712 g/mol. The van der Waals surface area contributed by atoms with E-state index in [1.54, 1.807) is 6.07 Å². The van der Waals surface area contributed by atoms with Gasteiger partial charge in [-0.05, 0) is 99.2 Å². The molecule has 0 bridgehead atoms. The third-order valence-corrected chi connectivity index (χ3v) is 9.93. The Morgan fingerprint density at radius 2 is 1.56 bits per heavy atom. The van der Waals surface area contributed by atoms with Crippen molar-refractivity contribution in [3.05, 3.63) is 99.5 Å². The van der Waals surface area contributed by atoms with Crippen LogP contribution in [0.1, 0.15) is 107 Å². The molecule has 0 spiro atoms. The minimum absolute atomic E-state index is 0.0875. The van der Waals surface area contributed by atoms with Gasteiger partial charge in [-0.15, -0.1) is 10.1 Å². The Morgan fingerprint density at radius 3 is 2.33 bits per heavy atom. The highest BCUT2D eigenvalue weighted by Gasteiger charge is 2.19. The number of ether oxygens (including phenoxy) is 1. The number of benzene rings is 3. The highest BCUT2D eigenvalue weighted by atomic mass is 19.1. The lowest BCUT2D eigenvalue weighted by Crippen LogP contribution is -2.28. The van der Waals surface area contributed by atoms with Crippen molar-refractivity contribution in [2.24, 2.45) is 0 Å². The predicted molar refractivity (Wildman–Crippen MR) is 205 cm³/mol. The minimum atomic E-state index is -0.770. The molecule has 4 aromatic rings. The van der Waals surface area contributed by atoms with E-state index in [1.165, 1.54) is 54.1 Å². The first kappa shape index (κ1) is 38.5.